The molecule has 0 saturated carbocycles. The van der Waals surface area contributed by atoms with E-state index in [2.05, 4.69) is 5.32 Å². The number of amides is 2. The maximum absolute atomic E-state index is 13.0. The van der Waals surface area contributed by atoms with Crippen LogP contribution in [0, 0.1) is 19.8 Å². The minimum atomic E-state index is -3.70. The monoisotopic (exact) mass is 473 g/mol. The maximum atomic E-state index is 13.0. The highest BCUT2D eigenvalue weighted by Crippen LogP contribution is 2.31. The molecule has 33 heavy (non-hydrogen) atoms. The highest BCUT2D eigenvalue weighted by atomic mass is 32.2. The fraction of sp³-hybridized carbons (Fsp3) is 0.417. The molecule has 1 heterocycles. The zero-order valence-corrected chi connectivity index (χ0v) is 20.5. The van der Waals surface area contributed by atoms with E-state index in [-0.39, 0.29) is 35.4 Å². The Balaban J connectivity index is 1.82. The summed E-state index contributed by atoms with van der Waals surface area (Å²) >= 11 is 0. The van der Waals surface area contributed by atoms with Gasteiger partial charge in [-0.15, -0.1) is 0 Å². The summed E-state index contributed by atoms with van der Waals surface area (Å²) in [7, 11) is -2.25. The first kappa shape index (κ1) is 24.7. The number of nitrogens with one attached hydrogen (secondary N) is 1. The smallest absolute Gasteiger partial charge is 0.243 e. The van der Waals surface area contributed by atoms with Crippen molar-refractivity contribution in [2.45, 2.75) is 39.0 Å². The normalized spacial score (nSPS) is 16.4. The minimum absolute atomic E-state index is 0.0709. The predicted molar refractivity (Wildman–Crippen MR) is 128 cm³/mol. The van der Waals surface area contributed by atoms with E-state index in [1.54, 1.807) is 18.7 Å². The predicted octanol–water partition coefficient (Wildman–Crippen LogP) is 3.33. The molecular formula is C24H31N3O5S. The number of rotatable bonds is 8. The van der Waals surface area contributed by atoms with Gasteiger partial charge in [-0.25, -0.2) is 8.42 Å². The lowest BCUT2D eigenvalue weighted by atomic mass is 10.1. The molecule has 1 aliphatic heterocycles. The third-order valence-electron chi connectivity index (χ3n) is 6.07. The van der Waals surface area contributed by atoms with Crippen LogP contribution in [0.2, 0.25) is 0 Å². The molecule has 0 bridgehead atoms. The average Bonchev–Trinajstić information content (AvgIpc) is 3.18. The molecule has 0 aromatic heterocycles. The van der Waals surface area contributed by atoms with Crippen molar-refractivity contribution >= 4 is 33.2 Å². The van der Waals surface area contributed by atoms with Gasteiger partial charge in [-0.1, -0.05) is 19.9 Å². The lowest BCUT2D eigenvalue weighted by Crippen LogP contribution is -2.31. The topological polar surface area (TPSA) is 96.0 Å². The molecular weight excluding hydrogens is 442 g/mol. The summed E-state index contributed by atoms with van der Waals surface area (Å²) in [6.45, 7) is 8.46. The highest BCUT2D eigenvalue weighted by molar-refractivity contribution is 7.89. The van der Waals surface area contributed by atoms with Crippen molar-refractivity contribution in [3.8, 4) is 5.75 Å². The number of nitrogens with zero attached hydrogens (tertiary/aromatic N) is 2. The molecule has 0 spiro atoms. The van der Waals surface area contributed by atoms with Crippen molar-refractivity contribution in [2.75, 3.05) is 37.0 Å². The molecule has 1 aliphatic rings. The van der Waals surface area contributed by atoms with Crippen LogP contribution in [-0.2, 0) is 19.6 Å². The Kier molecular flexibility index (Phi) is 7.44. The van der Waals surface area contributed by atoms with Crippen LogP contribution in [-0.4, -0.2) is 51.3 Å². The van der Waals surface area contributed by atoms with Gasteiger partial charge in [0.25, 0.3) is 0 Å². The van der Waals surface area contributed by atoms with Crippen molar-refractivity contribution in [1.29, 1.82) is 0 Å². The van der Waals surface area contributed by atoms with Crippen molar-refractivity contribution in [1.82, 2.24) is 4.31 Å². The van der Waals surface area contributed by atoms with E-state index in [0.717, 1.165) is 16.8 Å². The van der Waals surface area contributed by atoms with Crippen LogP contribution in [0.3, 0.4) is 0 Å². The Morgan fingerprint density at radius 1 is 1.12 bits per heavy atom. The quantitative estimate of drug-likeness (QED) is 0.634. The summed E-state index contributed by atoms with van der Waals surface area (Å²) in [5.74, 6) is -0.697. The van der Waals surface area contributed by atoms with Gasteiger partial charge in [-0.3, -0.25) is 9.59 Å². The zero-order chi connectivity index (χ0) is 24.3. The maximum Gasteiger partial charge on any atom is 0.243 e. The van der Waals surface area contributed by atoms with Crippen molar-refractivity contribution in [3.63, 3.8) is 0 Å². The van der Waals surface area contributed by atoms with Crippen LogP contribution in [0.1, 0.15) is 31.4 Å². The molecule has 9 heteroatoms. The summed E-state index contributed by atoms with van der Waals surface area (Å²) in [5, 5.41) is 2.78. The lowest BCUT2D eigenvalue weighted by Gasteiger charge is -2.20. The first-order chi connectivity index (χ1) is 15.6. The summed E-state index contributed by atoms with van der Waals surface area (Å²) in [5.41, 5.74) is 3.23. The third-order valence-corrected chi connectivity index (χ3v) is 8.12. The van der Waals surface area contributed by atoms with Gasteiger partial charge >= 0.3 is 0 Å². The summed E-state index contributed by atoms with van der Waals surface area (Å²) < 4.78 is 32.5. The van der Waals surface area contributed by atoms with E-state index >= 15 is 0 Å². The van der Waals surface area contributed by atoms with Crippen molar-refractivity contribution < 1.29 is 22.7 Å². The zero-order valence-electron chi connectivity index (χ0n) is 19.7. The van der Waals surface area contributed by atoms with E-state index in [1.165, 1.54) is 29.6 Å². The van der Waals surface area contributed by atoms with Gasteiger partial charge in [-0.2, -0.15) is 4.31 Å². The standard InChI is InChI=1S/C24H31N3O5S/c1-6-26(7-2)33(30,31)20-10-11-22(32-5)21(14-20)25-24(29)18-13-23(28)27(15-18)19-9-8-16(3)17(4)12-19/h8-12,14,18H,6-7,13,15H2,1-5H3,(H,25,29)/t18-/m1/s1. The molecule has 0 aliphatic carbocycles. The van der Waals surface area contributed by atoms with Crippen LogP contribution in [0.4, 0.5) is 11.4 Å². The SMILES string of the molecule is CCN(CC)S(=O)(=O)c1ccc(OC)c(NC(=O)[C@@H]2CC(=O)N(c3ccc(C)c(C)c3)C2)c1. The number of hydrogen-bond acceptors (Lipinski definition) is 5. The van der Waals surface area contributed by atoms with Crippen LogP contribution in [0.15, 0.2) is 41.3 Å². The first-order valence-corrected chi connectivity index (χ1v) is 12.4. The van der Waals surface area contributed by atoms with Gasteiger partial charge in [0.1, 0.15) is 5.75 Å². The number of anilines is 2. The number of aryl methyl sites for hydroxylation is 2. The van der Waals surface area contributed by atoms with E-state index in [1.807, 2.05) is 32.0 Å². The van der Waals surface area contributed by atoms with E-state index in [9.17, 15) is 18.0 Å². The number of sulfonamides is 1. The fourth-order valence-electron chi connectivity index (χ4n) is 3.92. The van der Waals surface area contributed by atoms with Gasteiger partial charge < -0.3 is 15.0 Å². The van der Waals surface area contributed by atoms with E-state index in [0.29, 0.717) is 18.8 Å². The first-order valence-electron chi connectivity index (χ1n) is 11.0. The van der Waals surface area contributed by atoms with Crippen LogP contribution in [0.5, 0.6) is 5.75 Å². The van der Waals surface area contributed by atoms with Gasteiger partial charge in [-0.05, 0) is 55.3 Å². The van der Waals surface area contributed by atoms with Gasteiger partial charge in [0.05, 0.1) is 23.6 Å². The Bertz CT molecular complexity index is 1160. The highest BCUT2D eigenvalue weighted by Gasteiger charge is 2.35. The molecule has 2 amide bonds. The summed E-state index contributed by atoms with van der Waals surface area (Å²) in [4.78, 5) is 27.3. The fourth-order valence-corrected chi connectivity index (χ4v) is 5.40. The molecule has 178 valence electrons. The summed E-state index contributed by atoms with van der Waals surface area (Å²) in [6, 6.07) is 10.2. The molecule has 0 radical (unpaired) electrons. The lowest BCUT2D eigenvalue weighted by molar-refractivity contribution is -0.122. The second kappa shape index (κ2) is 9.93. The molecule has 2 aromatic carbocycles. The number of carbonyl (C=O) groups is 2. The minimum Gasteiger partial charge on any atom is -0.495 e. The van der Waals surface area contributed by atoms with Crippen LogP contribution in [0.25, 0.3) is 0 Å². The second-order valence-corrected chi connectivity index (χ2v) is 10.1. The van der Waals surface area contributed by atoms with Gasteiger partial charge in [0.15, 0.2) is 0 Å². The Labute approximate surface area is 195 Å². The molecule has 0 unspecified atom stereocenters. The molecule has 1 N–H and O–H groups in total. The average molecular weight is 474 g/mol. The number of hydrogen-bond donors (Lipinski definition) is 1. The molecule has 1 fully saturated rings. The molecule has 1 saturated heterocycles. The Morgan fingerprint density at radius 2 is 1.82 bits per heavy atom. The Hall–Kier alpha value is -2.91. The third kappa shape index (κ3) is 5.04. The van der Waals surface area contributed by atoms with Gasteiger partial charge in [0, 0.05) is 31.7 Å². The van der Waals surface area contributed by atoms with E-state index in [4.69, 9.17) is 4.74 Å². The number of benzene rings is 2. The summed E-state index contributed by atoms with van der Waals surface area (Å²) in [6.07, 6.45) is 0.0819. The second-order valence-electron chi connectivity index (χ2n) is 8.11. The van der Waals surface area contributed by atoms with Crippen molar-refractivity contribution in [2.24, 2.45) is 5.92 Å². The molecule has 1 atom stereocenters. The van der Waals surface area contributed by atoms with Crippen LogP contribution >= 0.6 is 0 Å². The number of methoxy groups -OCH3 is 1. The largest absolute Gasteiger partial charge is 0.495 e. The van der Waals surface area contributed by atoms with E-state index < -0.39 is 15.9 Å². The van der Waals surface area contributed by atoms with Crippen molar-refractivity contribution in [3.05, 3.63) is 47.5 Å². The molecule has 2 aromatic rings. The molecule has 8 nitrogen and oxygen atoms in total. The number of ether oxygens (including phenoxy) is 1. The molecule has 3 rings (SSSR count). The number of carbonyl (C=O) groups excluding carboxylic acids is 2. The van der Waals surface area contributed by atoms with Gasteiger partial charge in [0.2, 0.25) is 21.8 Å². The van der Waals surface area contributed by atoms with Crippen LogP contribution < -0.4 is 15.0 Å². The Morgan fingerprint density at radius 3 is 2.42 bits per heavy atom.